The molecule has 2 rings (SSSR count). The second-order valence-electron chi connectivity index (χ2n) is 7.20. The Balaban J connectivity index is 1.96. The molecule has 4 nitrogen and oxygen atoms in total. The SMILES string of the molecule is CCCN(CCN(C)C)C1CCCC(C#N)(NC2CC2)C1. The fourth-order valence-electron chi connectivity index (χ4n) is 3.53. The summed E-state index contributed by atoms with van der Waals surface area (Å²) in [6, 6.07) is 3.82. The molecule has 2 atom stereocenters. The van der Waals surface area contributed by atoms with E-state index in [0.29, 0.717) is 12.1 Å². The van der Waals surface area contributed by atoms with Crippen molar-refractivity contribution in [2.24, 2.45) is 0 Å². The van der Waals surface area contributed by atoms with Crippen LogP contribution in [0.2, 0.25) is 0 Å². The Hall–Kier alpha value is -0.630. The van der Waals surface area contributed by atoms with Crippen LogP contribution in [0.4, 0.5) is 0 Å². The summed E-state index contributed by atoms with van der Waals surface area (Å²) < 4.78 is 0. The molecule has 2 saturated carbocycles. The quantitative estimate of drug-likeness (QED) is 0.745. The average molecular weight is 292 g/mol. The van der Waals surface area contributed by atoms with Gasteiger partial charge >= 0.3 is 0 Å². The van der Waals surface area contributed by atoms with Crippen LogP contribution in [0, 0.1) is 11.3 Å². The second kappa shape index (κ2) is 7.58. The lowest BCUT2D eigenvalue weighted by Gasteiger charge is -2.42. The number of nitrogens with zero attached hydrogens (tertiary/aromatic N) is 3. The van der Waals surface area contributed by atoms with Crippen LogP contribution in [0.25, 0.3) is 0 Å². The zero-order chi connectivity index (χ0) is 15.3. The zero-order valence-corrected chi connectivity index (χ0v) is 14.1. The first-order chi connectivity index (χ1) is 10.1. The van der Waals surface area contributed by atoms with E-state index in [-0.39, 0.29) is 5.54 Å². The molecule has 0 radical (unpaired) electrons. The lowest BCUT2D eigenvalue weighted by atomic mass is 9.79. The van der Waals surface area contributed by atoms with Crippen molar-refractivity contribution in [2.75, 3.05) is 33.7 Å². The summed E-state index contributed by atoms with van der Waals surface area (Å²) in [6.45, 7) is 5.64. The van der Waals surface area contributed by atoms with E-state index < -0.39 is 0 Å². The first-order valence-corrected chi connectivity index (χ1v) is 8.66. The minimum Gasteiger partial charge on any atom is -0.308 e. The van der Waals surface area contributed by atoms with E-state index in [1.807, 2.05) is 0 Å². The van der Waals surface area contributed by atoms with Crippen LogP contribution >= 0.6 is 0 Å². The molecular weight excluding hydrogens is 260 g/mol. The van der Waals surface area contributed by atoms with Gasteiger partial charge in [0.2, 0.25) is 0 Å². The van der Waals surface area contributed by atoms with Crippen LogP contribution < -0.4 is 5.32 Å². The number of hydrogen-bond donors (Lipinski definition) is 1. The van der Waals surface area contributed by atoms with Crippen molar-refractivity contribution < 1.29 is 0 Å². The second-order valence-corrected chi connectivity index (χ2v) is 7.20. The molecule has 120 valence electrons. The van der Waals surface area contributed by atoms with E-state index in [1.165, 1.54) is 32.1 Å². The smallest absolute Gasteiger partial charge is 0.108 e. The molecule has 21 heavy (non-hydrogen) atoms. The summed E-state index contributed by atoms with van der Waals surface area (Å²) in [4.78, 5) is 4.88. The predicted octanol–water partition coefficient (Wildman–Crippen LogP) is 2.22. The van der Waals surface area contributed by atoms with E-state index in [0.717, 1.165) is 32.5 Å². The molecule has 4 heteroatoms. The van der Waals surface area contributed by atoms with Gasteiger partial charge in [-0.2, -0.15) is 5.26 Å². The Bertz CT molecular complexity index is 358. The molecule has 0 aliphatic heterocycles. The van der Waals surface area contributed by atoms with E-state index in [9.17, 15) is 5.26 Å². The summed E-state index contributed by atoms with van der Waals surface area (Å²) in [7, 11) is 4.28. The fourth-order valence-corrected chi connectivity index (χ4v) is 3.53. The zero-order valence-electron chi connectivity index (χ0n) is 14.1. The van der Waals surface area contributed by atoms with Gasteiger partial charge < -0.3 is 4.90 Å². The summed E-state index contributed by atoms with van der Waals surface area (Å²) in [5.74, 6) is 0. The van der Waals surface area contributed by atoms with Crippen molar-refractivity contribution in [3.8, 4) is 6.07 Å². The van der Waals surface area contributed by atoms with Crippen LogP contribution in [0.5, 0.6) is 0 Å². The normalized spacial score (nSPS) is 29.8. The fraction of sp³-hybridized carbons (Fsp3) is 0.941. The van der Waals surface area contributed by atoms with Gasteiger partial charge in [0.05, 0.1) is 6.07 Å². The van der Waals surface area contributed by atoms with E-state index in [2.05, 4.69) is 42.2 Å². The van der Waals surface area contributed by atoms with Crippen LogP contribution in [-0.2, 0) is 0 Å². The summed E-state index contributed by atoms with van der Waals surface area (Å²) in [5, 5.41) is 13.4. The van der Waals surface area contributed by atoms with Crippen molar-refractivity contribution in [3.05, 3.63) is 0 Å². The van der Waals surface area contributed by atoms with Gasteiger partial charge in [-0.05, 0) is 65.6 Å². The van der Waals surface area contributed by atoms with Crippen molar-refractivity contribution in [2.45, 2.75) is 69.5 Å². The van der Waals surface area contributed by atoms with Crippen LogP contribution in [0.3, 0.4) is 0 Å². The molecule has 2 fully saturated rings. The number of nitrogens with one attached hydrogen (secondary N) is 1. The molecule has 0 spiro atoms. The Labute approximate surface area is 130 Å². The lowest BCUT2D eigenvalue weighted by molar-refractivity contribution is 0.111. The topological polar surface area (TPSA) is 42.3 Å². The van der Waals surface area contributed by atoms with E-state index in [4.69, 9.17) is 0 Å². The minimum absolute atomic E-state index is 0.256. The molecule has 2 aliphatic carbocycles. The van der Waals surface area contributed by atoms with Crippen molar-refractivity contribution in [3.63, 3.8) is 0 Å². The molecular formula is C17H32N4. The van der Waals surface area contributed by atoms with Gasteiger partial charge in [0.25, 0.3) is 0 Å². The third kappa shape index (κ3) is 4.95. The van der Waals surface area contributed by atoms with Gasteiger partial charge in [-0.25, -0.2) is 0 Å². The minimum atomic E-state index is -0.256. The first kappa shape index (κ1) is 16.7. The highest BCUT2D eigenvalue weighted by Crippen LogP contribution is 2.34. The molecule has 1 N–H and O–H groups in total. The standard InChI is InChI=1S/C17H32N4/c1-4-10-21(12-11-20(2)3)16-6-5-9-17(13-16,14-18)19-15-7-8-15/h15-16,19H,4-13H2,1-3H3. The van der Waals surface area contributed by atoms with Crippen molar-refractivity contribution in [1.82, 2.24) is 15.1 Å². The first-order valence-electron chi connectivity index (χ1n) is 8.66. The highest BCUT2D eigenvalue weighted by molar-refractivity contribution is 5.13. The Morgan fingerprint density at radius 2 is 1.95 bits per heavy atom. The number of rotatable bonds is 8. The highest BCUT2D eigenvalue weighted by Gasteiger charge is 2.41. The third-order valence-corrected chi connectivity index (χ3v) is 4.86. The van der Waals surface area contributed by atoms with Gasteiger partial charge in [-0.3, -0.25) is 10.2 Å². The molecule has 0 aromatic carbocycles. The molecule has 0 amide bonds. The molecule has 0 bridgehead atoms. The number of nitriles is 1. The average Bonchev–Trinajstić information content (AvgIpc) is 3.27. The van der Waals surface area contributed by atoms with Gasteiger partial charge in [0.15, 0.2) is 0 Å². The largest absolute Gasteiger partial charge is 0.308 e. The van der Waals surface area contributed by atoms with Crippen LogP contribution in [-0.4, -0.2) is 61.2 Å². The van der Waals surface area contributed by atoms with Crippen molar-refractivity contribution >= 4 is 0 Å². The number of likely N-dealkylation sites (N-methyl/N-ethyl adjacent to an activating group) is 1. The van der Waals surface area contributed by atoms with Crippen LogP contribution in [0.15, 0.2) is 0 Å². The molecule has 0 aromatic rings. The van der Waals surface area contributed by atoms with Gasteiger partial charge in [-0.15, -0.1) is 0 Å². The predicted molar refractivity (Wildman–Crippen MR) is 87.2 cm³/mol. The Morgan fingerprint density at radius 1 is 1.19 bits per heavy atom. The Kier molecular flexibility index (Phi) is 6.04. The van der Waals surface area contributed by atoms with Gasteiger partial charge in [0, 0.05) is 25.2 Å². The maximum Gasteiger partial charge on any atom is 0.108 e. The maximum absolute atomic E-state index is 9.73. The number of hydrogen-bond acceptors (Lipinski definition) is 4. The molecule has 0 aromatic heterocycles. The third-order valence-electron chi connectivity index (χ3n) is 4.86. The van der Waals surface area contributed by atoms with Gasteiger partial charge in [-0.1, -0.05) is 6.92 Å². The molecule has 0 saturated heterocycles. The molecule has 2 aliphatic rings. The van der Waals surface area contributed by atoms with E-state index in [1.54, 1.807) is 0 Å². The lowest BCUT2D eigenvalue weighted by Crippen LogP contribution is -2.54. The Morgan fingerprint density at radius 3 is 2.52 bits per heavy atom. The van der Waals surface area contributed by atoms with Gasteiger partial charge in [0.1, 0.15) is 5.54 Å². The maximum atomic E-state index is 9.73. The summed E-state index contributed by atoms with van der Waals surface area (Å²) in [6.07, 6.45) is 8.18. The van der Waals surface area contributed by atoms with Crippen LogP contribution in [0.1, 0.15) is 51.9 Å². The summed E-state index contributed by atoms with van der Waals surface area (Å²) >= 11 is 0. The molecule has 2 unspecified atom stereocenters. The van der Waals surface area contributed by atoms with Crippen molar-refractivity contribution in [1.29, 1.82) is 5.26 Å². The monoisotopic (exact) mass is 292 g/mol. The summed E-state index contributed by atoms with van der Waals surface area (Å²) in [5.41, 5.74) is -0.256. The highest BCUT2D eigenvalue weighted by atomic mass is 15.2. The van der Waals surface area contributed by atoms with E-state index >= 15 is 0 Å². The molecule has 0 heterocycles.